The van der Waals surface area contributed by atoms with Crippen molar-refractivity contribution in [2.75, 3.05) is 6.61 Å². The van der Waals surface area contributed by atoms with E-state index in [1.165, 1.54) is 0 Å². The Morgan fingerprint density at radius 1 is 1.14 bits per heavy atom. The van der Waals surface area contributed by atoms with E-state index in [1.54, 1.807) is 24.3 Å². The lowest BCUT2D eigenvalue weighted by Gasteiger charge is -2.19. The molecule has 2 aromatic rings. The number of aliphatic hydroxyl groups is 1. The van der Waals surface area contributed by atoms with Crippen LogP contribution in [-0.4, -0.2) is 17.6 Å². The highest BCUT2D eigenvalue weighted by atomic mass is 35.5. The molecule has 0 aliphatic heterocycles. The maximum atomic E-state index is 12.3. The van der Waals surface area contributed by atoms with E-state index in [0.29, 0.717) is 23.4 Å². The highest BCUT2D eigenvalue weighted by Gasteiger charge is 2.15. The summed E-state index contributed by atoms with van der Waals surface area (Å²) in [4.78, 5) is 12.3. The summed E-state index contributed by atoms with van der Waals surface area (Å²) in [5.41, 5.74) is 1.56. The second kappa shape index (κ2) is 7.81. The molecule has 0 spiro atoms. The molecule has 0 bridgehead atoms. The van der Waals surface area contributed by atoms with Crippen molar-refractivity contribution in [3.8, 4) is 0 Å². The van der Waals surface area contributed by atoms with Crippen LogP contribution in [0.2, 0.25) is 5.02 Å². The van der Waals surface area contributed by atoms with Gasteiger partial charge in [0.05, 0.1) is 6.04 Å². The lowest BCUT2D eigenvalue weighted by Crippen LogP contribution is -2.28. The summed E-state index contributed by atoms with van der Waals surface area (Å²) >= 11 is 5.91. The molecule has 3 nitrogen and oxygen atoms in total. The van der Waals surface area contributed by atoms with Crippen molar-refractivity contribution < 1.29 is 9.90 Å². The van der Waals surface area contributed by atoms with E-state index in [2.05, 4.69) is 5.32 Å². The molecule has 2 rings (SSSR count). The predicted octanol–water partition coefficient (Wildman–Crippen LogP) is 3.58. The molecule has 110 valence electrons. The molecule has 0 saturated carbocycles. The fraction of sp³-hybridized carbons (Fsp3) is 0.235. The number of carbonyl (C=O) groups excluding carboxylic acids is 1. The van der Waals surface area contributed by atoms with Crippen LogP contribution in [0, 0.1) is 0 Å². The molecular formula is C17H18ClNO2. The van der Waals surface area contributed by atoms with E-state index in [-0.39, 0.29) is 18.6 Å². The quantitative estimate of drug-likeness (QED) is 0.857. The van der Waals surface area contributed by atoms with Gasteiger partial charge in [0.1, 0.15) is 0 Å². The highest BCUT2D eigenvalue weighted by molar-refractivity contribution is 6.30. The maximum absolute atomic E-state index is 12.3. The van der Waals surface area contributed by atoms with E-state index in [0.717, 1.165) is 5.56 Å². The minimum atomic E-state index is -0.163. The Labute approximate surface area is 129 Å². The molecule has 0 aromatic heterocycles. The van der Waals surface area contributed by atoms with Crippen LogP contribution in [0.25, 0.3) is 0 Å². The number of aliphatic hydroxyl groups excluding tert-OH is 1. The van der Waals surface area contributed by atoms with E-state index < -0.39 is 0 Å². The van der Waals surface area contributed by atoms with Gasteiger partial charge in [-0.15, -0.1) is 0 Å². The molecule has 0 aliphatic carbocycles. The van der Waals surface area contributed by atoms with Crippen LogP contribution < -0.4 is 5.32 Å². The number of carbonyl (C=O) groups is 1. The number of halogens is 1. The first-order valence-corrected chi connectivity index (χ1v) is 7.30. The number of hydrogen-bond donors (Lipinski definition) is 2. The van der Waals surface area contributed by atoms with Crippen molar-refractivity contribution in [1.82, 2.24) is 5.32 Å². The van der Waals surface area contributed by atoms with Gasteiger partial charge in [0.25, 0.3) is 5.91 Å². The molecule has 0 fully saturated rings. The Morgan fingerprint density at radius 3 is 2.57 bits per heavy atom. The fourth-order valence-electron chi connectivity index (χ4n) is 2.17. The number of benzene rings is 2. The van der Waals surface area contributed by atoms with Gasteiger partial charge in [-0.05, 0) is 36.6 Å². The van der Waals surface area contributed by atoms with Crippen LogP contribution in [0.3, 0.4) is 0 Å². The van der Waals surface area contributed by atoms with E-state index >= 15 is 0 Å². The molecule has 0 saturated heterocycles. The summed E-state index contributed by atoms with van der Waals surface area (Å²) in [7, 11) is 0. The fourth-order valence-corrected chi connectivity index (χ4v) is 2.36. The zero-order chi connectivity index (χ0) is 15.1. The highest BCUT2D eigenvalue weighted by Crippen LogP contribution is 2.19. The largest absolute Gasteiger partial charge is 0.396 e. The zero-order valence-electron chi connectivity index (χ0n) is 11.6. The molecule has 1 atom stereocenters. The monoisotopic (exact) mass is 303 g/mol. The molecule has 1 amide bonds. The smallest absolute Gasteiger partial charge is 0.251 e. The Hall–Kier alpha value is -1.84. The third-order valence-electron chi connectivity index (χ3n) is 3.24. The molecular weight excluding hydrogens is 286 g/mol. The Kier molecular flexibility index (Phi) is 5.78. The van der Waals surface area contributed by atoms with Crippen LogP contribution in [0.15, 0.2) is 54.6 Å². The van der Waals surface area contributed by atoms with Gasteiger partial charge in [0, 0.05) is 17.2 Å². The Morgan fingerprint density at radius 2 is 1.90 bits per heavy atom. The molecule has 1 unspecified atom stereocenters. The molecule has 2 aromatic carbocycles. The standard InChI is InChI=1S/C17H18ClNO2/c18-15-9-4-8-14(12-15)17(21)19-16(10-5-11-20)13-6-2-1-3-7-13/h1-4,6-9,12,16,20H,5,10-11H2,(H,19,21). The Balaban J connectivity index is 2.13. The van der Waals surface area contributed by atoms with Gasteiger partial charge < -0.3 is 10.4 Å². The van der Waals surface area contributed by atoms with Crippen molar-refractivity contribution in [3.05, 3.63) is 70.7 Å². The van der Waals surface area contributed by atoms with Crippen LogP contribution in [-0.2, 0) is 0 Å². The van der Waals surface area contributed by atoms with Gasteiger partial charge in [0.2, 0.25) is 0 Å². The van der Waals surface area contributed by atoms with E-state index in [4.69, 9.17) is 16.7 Å². The predicted molar refractivity (Wildman–Crippen MR) is 84.4 cm³/mol. The molecule has 0 heterocycles. The second-order valence-electron chi connectivity index (χ2n) is 4.81. The lowest BCUT2D eigenvalue weighted by atomic mass is 10.0. The number of hydrogen-bond acceptors (Lipinski definition) is 2. The maximum Gasteiger partial charge on any atom is 0.251 e. The molecule has 4 heteroatoms. The first kappa shape index (κ1) is 15.5. The molecule has 2 N–H and O–H groups in total. The van der Waals surface area contributed by atoms with Crippen LogP contribution in [0.1, 0.15) is 34.8 Å². The van der Waals surface area contributed by atoms with Crippen LogP contribution in [0.4, 0.5) is 0 Å². The van der Waals surface area contributed by atoms with Crippen molar-refractivity contribution in [2.24, 2.45) is 0 Å². The third kappa shape index (κ3) is 4.59. The van der Waals surface area contributed by atoms with Crippen LogP contribution >= 0.6 is 11.6 Å². The van der Waals surface area contributed by atoms with Crippen molar-refractivity contribution >= 4 is 17.5 Å². The third-order valence-corrected chi connectivity index (χ3v) is 3.48. The van der Waals surface area contributed by atoms with Gasteiger partial charge in [-0.3, -0.25) is 4.79 Å². The van der Waals surface area contributed by atoms with Gasteiger partial charge >= 0.3 is 0 Å². The molecule has 0 aliphatic rings. The number of nitrogens with one attached hydrogen (secondary N) is 1. The van der Waals surface area contributed by atoms with Gasteiger partial charge in [-0.2, -0.15) is 0 Å². The normalized spacial score (nSPS) is 11.9. The topological polar surface area (TPSA) is 49.3 Å². The summed E-state index contributed by atoms with van der Waals surface area (Å²) in [6.07, 6.45) is 1.32. The molecule has 21 heavy (non-hydrogen) atoms. The van der Waals surface area contributed by atoms with Crippen LogP contribution in [0.5, 0.6) is 0 Å². The number of amides is 1. The number of rotatable bonds is 6. The zero-order valence-corrected chi connectivity index (χ0v) is 12.4. The van der Waals surface area contributed by atoms with Crippen molar-refractivity contribution in [3.63, 3.8) is 0 Å². The van der Waals surface area contributed by atoms with Gasteiger partial charge in [-0.1, -0.05) is 48.0 Å². The lowest BCUT2D eigenvalue weighted by molar-refractivity contribution is 0.0932. The average molecular weight is 304 g/mol. The first-order valence-electron chi connectivity index (χ1n) is 6.93. The van der Waals surface area contributed by atoms with E-state index in [9.17, 15) is 4.79 Å². The minimum absolute atomic E-state index is 0.108. The summed E-state index contributed by atoms with van der Waals surface area (Å²) in [5.74, 6) is -0.163. The summed E-state index contributed by atoms with van der Waals surface area (Å²) < 4.78 is 0. The van der Waals surface area contributed by atoms with Crippen molar-refractivity contribution in [1.29, 1.82) is 0 Å². The Bertz CT molecular complexity index is 586. The van der Waals surface area contributed by atoms with Crippen molar-refractivity contribution in [2.45, 2.75) is 18.9 Å². The van der Waals surface area contributed by atoms with Gasteiger partial charge in [0.15, 0.2) is 0 Å². The second-order valence-corrected chi connectivity index (χ2v) is 5.25. The summed E-state index contributed by atoms with van der Waals surface area (Å²) in [5, 5.41) is 12.6. The average Bonchev–Trinajstić information content (AvgIpc) is 2.52. The summed E-state index contributed by atoms with van der Waals surface area (Å²) in [6, 6.07) is 16.5. The van der Waals surface area contributed by atoms with E-state index in [1.807, 2.05) is 30.3 Å². The molecule has 0 radical (unpaired) electrons. The first-order chi connectivity index (χ1) is 10.2. The summed E-state index contributed by atoms with van der Waals surface area (Å²) in [6.45, 7) is 0.108. The van der Waals surface area contributed by atoms with Gasteiger partial charge in [-0.25, -0.2) is 0 Å². The SMILES string of the molecule is O=C(NC(CCCO)c1ccccc1)c1cccc(Cl)c1. The minimum Gasteiger partial charge on any atom is -0.396 e.